The van der Waals surface area contributed by atoms with Crippen molar-refractivity contribution in [3.8, 4) is 11.4 Å². The van der Waals surface area contributed by atoms with Crippen LogP contribution in [0.25, 0.3) is 16.7 Å². The van der Waals surface area contributed by atoms with E-state index in [-0.39, 0.29) is 0 Å². The van der Waals surface area contributed by atoms with Crippen molar-refractivity contribution < 1.29 is 31.5 Å². The van der Waals surface area contributed by atoms with Gasteiger partial charge >= 0.3 is 0 Å². The highest BCUT2D eigenvalue weighted by atomic mass is 32.1. The third-order valence-electron chi connectivity index (χ3n) is 4.91. The van der Waals surface area contributed by atoms with Crippen molar-refractivity contribution in [2.75, 3.05) is 12.4 Å². The predicted octanol–water partition coefficient (Wildman–Crippen LogP) is 4.56. The molecule has 0 spiro atoms. The molecule has 0 atom stereocenters. The van der Waals surface area contributed by atoms with Gasteiger partial charge in [-0.3, -0.25) is 10.1 Å². The van der Waals surface area contributed by atoms with Crippen LogP contribution >= 0.6 is 12.2 Å². The summed E-state index contributed by atoms with van der Waals surface area (Å²) in [5, 5.41) is 12.9. The van der Waals surface area contributed by atoms with Crippen LogP contribution in [0.1, 0.15) is 15.9 Å². The number of hydrogen-bond acceptors (Lipinski definition) is 5. The second kappa shape index (κ2) is 9.25. The first-order chi connectivity index (χ1) is 16.6. The average Bonchev–Trinajstić information content (AvgIpc) is 3.21. The van der Waals surface area contributed by atoms with Crippen LogP contribution in [-0.4, -0.2) is 33.1 Å². The monoisotopic (exact) mass is 507 g/mol. The molecule has 180 valence electrons. The van der Waals surface area contributed by atoms with E-state index in [0.29, 0.717) is 28.0 Å². The maximum Gasteiger partial charge on any atom is 0.263 e. The van der Waals surface area contributed by atoms with Crippen molar-refractivity contribution in [3.63, 3.8) is 0 Å². The Balaban J connectivity index is 1.57. The van der Waals surface area contributed by atoms with Gasteiger partial charge in [-0.05, 0) is 61.1 Å². The Labute approximate surface area is 199 Å². The fraction of sp³-hybridized carbons (Fsp3) is 0.0909. The molecule has 0 bridgehead atoms. The van der Waals surface area contributed by atoms with Crippen molar-refractivity contribution in [2.45, 2.75) is 6.92 Å². The number of benzene rings is 3. The SMILES string of the molecule is COc1c(F)c(F)c(C(=O)NC(=S)Nc2cc3nn(-c4ccc(F)cc4)nc3cc2C)c(F)c1F. The lowest BCUT2D eigenvalue weighted by Crippen LogP contribution is -2.35. The lowest BCUT2D eigenvalue weighted by atomic mass is 10.1. The zero-order valence-corrected chi connectivity index (χ0v) is 18.7. The van der Waals surface area contributed by atoms with Gasteiger partial charge in [0.15, 0.2) is 22.5 Å². The number of aryl methyl sites for hydroxylation is 1. The molecule has 0 saturated heterocycles. The molecule has 2 N–H and O–H groups in total. The van der Waals surface area contributed by atoms with E-state index in [1.807, 2.05) is 5.32 Å². The molecular formula is C22H14F5N5O2S. The van der Waals surface area contributed by atoms with E-state index in [2.05, 4.69) is 20.3 Å². The second-order valence-corrected chi connectivity index (χ2v) is 7.60. The molecule has 1 heterocycles. The summed E-state index contributed by atoms with van der Waals surface area (Å²) in [7, 11) is 0.816. The number of hydrogen-bond donors (Lipinski definition) is 2. The fourth-order valence-electron chi connectivity index (χ4n) is 3.20. The maximum absolute atomic E-state index is 14.2. The molecule has 0 aliphatic carbocycles. The van der Waals surface area contributed by atoms with Crippen molar-refractivity contribution >= 4 is 40.0 Å². The van der Waals surface area contributed by atoms with E-state index < -0.39 is 51.4 Å². The number of nitrogens with zero attached hydrogens (tertiary/aromatic N) is 3. The van der Waals surface area contributed by atoms with Gasteiger partial charge < -0.3 is 10.1 Å². The van der Waals surface area contributed by atoms with E-state index >= 15 is 0 Å². The summed E-state index contributed by atoms with van der Waals surface area (Å²) in [4.78, 5) is 13.6. The van der Waals surface area contributed by atoms with Gasteiger partial charge in [0.1, 0.15) is 22.4 Å². The molecular weight excluding hydrogens is 493 g/mol. The molecule has 0 aliphatic rings. The molecule has 0 unspecified atom stereocenters. The molecule has 7 nitrogen and oxygen atoms in total. The Hall–Kier alpha value is -4.13. The number of halogens is 5. The van der Waals surface area contributed by atoms with Crippen LogP contribution in [0.2, 0.25) is 0 Å². The van der Waals surface area contributed by atoms with Gasteiger partial charge in [0.2, 0.25) is 11.6 Å². The van der Waals surface area contributed by atoms with Gasteiger partial charge in [-0.1, -0.05) is 0 Å². The summed E-state index contributed by atoms with van der Waals surface area (Å²) in [6.07, 6.45) is 0. The second-order valence-electron chi connectivity index (χ2n) is 7.19. The highest BCUT2D eigenvalue weighted by Crippen LogP contribution is 2.30. The van der Waals surface area contributed by atoms with Crippen molar-refractivity contribution in [1.29, 1.82) is 0 Å². The van der Waals surface area contributed by atoms with E-state index in [9.17, 15) is 26.7 Å². The fourth-order valence-corrected chi connectivity index (χ4v) is 3.40. The molecule has 0 fully saturated rings. The van der Waals surface area contributed by atoms with Gasteiger partial charge in [-0.2, -0.15) is 13.6 Å². The van der Waals surface area contributed by atoms with Crippen LogP contribution < -0.4 is 15.4 Å². The number of carbonyl (C=O) groups excluding carboxylic acids is 1. The maximum atomic E-state index is 14.2. The minimum absolute atomic E-state index is 0.363. The number of carbonyl (C=O) groups is 1. The number of anilines is 1. The highest BCUT2D eigenvalue weighted by Gasteiger charge is 2.30. The molecule has 4 rings (SSSR count). The van der Waals surface area contributed by atoms with Gasteiger partial charge in [0.25, 0.3) is 5.91 Å². The number of fused-ring (bicyclic) bond motifs is 1. The molecule has 0 aliphatic heterocycles. The van der Waals surface area contributed by atoms with Crippen LogP contribution in [0.4, 0.5) is 27.6 Å². The molecule has 4 aromatic rings. The third kappa shape index (κ3) is 4.49. The summed E-state index contributed by atoms with van der Waals surface area (Å²) >= 11 is 5.01. The molecule has 0 saturated carbocycles. The summed E-state index contributed by atoms with van der Waals surface area (Å²) in [5.41, 5.74) is 0.898. The number of amides is 1. The quantitative estimate of drug-likeness (QED) is 0.240. The van der Waals surface area contributed by atoms with E-state index in [4.69, 9.17) is 12.2 Å². The first-order valence-electron chi connectivity index (χ1n) is 9.76. The van der Waals surface area contributed by atoms with Crippen LogP contribution in [0, 0.1) is 36.0 Å². The Morgan fingerprint density at radius 2 is 1.51 bits per heavy atom. The van der Waals surface area contributed by atoms with Crippen molar-refractivity contribution in [3.05, 3.63) is 76.6 Å². The summed E-state index contributed by atoms with van der Waals surface area (Å²) in [6, 6.07) is 8.71. The van der Waals surface area contributed by atoms with Crippen LogP contribution in [0.5, 0.6) is 5.75 Å². The van der Waals surface area contributed by atoms with Gasteiger partial charge in [-0.25, -0.2) is 13.2 Å². The lowest BCUT2D eigenvalue weighted by molar-refractivity contribution is 0.0966. The summed E-state index contributed by atoms with van der Waals surface area (Å²) in [5.74, 6) is -10.8. The number of rotatable bonds is 4. The normalized spacial score (nSPS) is 10.9. The van der Waals surface area contributed by atoms with Gasteiger partial charge in [0.05, 0.1) is 12.8 Å². The minimum Gasteiger partial charge on any atom is -0.491 e. The summed E-state index contributed by atoms with van der Waals surface area (Å²) < 4.78 is 73.7. The van der Waals surface area contributed by atoms with Gasteiger partial charge in [0, 0.05) is 5.69 Å². The number of thiocarbonyl (C=S) groups is 1. The topological polar surface area (TPSA) is 81.1 Å². The predicted molar refractivity (Wildman–Crippen MR) is 120 cm³/mol. The zero-order valence-electron chi connectivity index (χ0n) is 17.9. The first kappa shape index (κ1) is 24.0. The van der Waals surface area contributed by atoms with Crippen molar-refractivity contribution in [2.24, 2.45) is 0 Å². The molecule has 0 radical (unpaired) electrons. The molecule has 13 heteroatoms. The lowest BCUT2D eigenvalue weighted by Gasteiger charge is -2.13. The molecule has 1 amide bonds. The largest absolute Gasteiger partial charge is 0.491 e. The number of nitrogens with one attached hydrogen (secondary N) is 2. The Morgan fingerprint density at radius 1 is 0.943 bits per heavy atom. The minimum atomic E-state index is -1.93. The smallest absolute Gasteiger partial charge is 0.263 e. The van der Waals surface area contributed by atoms with Crippen LogP contribution in [-0.2, 0) is 0 Å². The zero-order chi connectivity index (χ0) is 25.4. The van der Waals surface area contributed by atoms with E-state index in [0.717, 1.165) is 7.11 Å². The van der Waals surface area contributed by atoms with Crippen LogP contribution in [0.3, 0.4) is 0 Å². The van der Waals surface area contributed by atoms with E-state index in [1.54, 1.807) is 19.1 Å². The Morgan fingerprint density at radius 3 is 2.09 bits per heavy atom. The third-order valence-corrected chi connectivity index (χ3v) is 5.12. The van der Waals surface area contributed by atoms with Crippen molar-refractivity contribution in [1.82, 2.24) is 20.3 Å². The van der Waals surface area contributed by atoms with Crippen LogP contribution in [0.15, 0.2) is 36.4 Å². The van der Waals surface area contributed by atoms with E-state index in [1.165, 1.54) is 29.1 Å². The number of methoxy groups -OCH3 is 1. The molecule has 35 heavy (non-hydrogen) atoms. The summed E-state index contributed by atoms with van der Waals surface area (Å²) in [6.45, 7) is 1.69. The Bertz CT molecular complexity index is 1460. The highest BCUT2D eigenvalue weighted by molar-refractivity contribution is 7.80. The Kier molecular flexibility index (Phi) is 6.35. The number of ether oxygens (including phenoxy) is 1. The standard InChI is InChI=1S/C22H14F5N5O2S/c1-9-7-13-14(31-32(30-13)11-5-3-10(23)4-6-11)8-12(9)28-22(35)29-21(33)15-16(24)18(26)20(34-2)19(27)17(15)25/h3-8H,1-2H3,(H2,28,29,33,35). The number of aromatic nitrogens is 3. The molecule has 3 aromatic carbocycles. The average molecular weight is 507 g/mol. The van der Waals surface area contributed by atoms with Gasteiger partial charge in [-0.15, -0.1) is 10.2 Å². The molecule has 1 aromatic heterocycles. The first-order valence-corrected chi connectivity index (χ1v) is 10.2.